The molecule has 1 atom stereocenters. The summed E-state index contributed by atoms with van der Waals surface area (Å²) in [5.74, 6) is -0.284. The summed E-state index contributed by atoms with van der Waals surface area (Å²) in [7, 11) is 0. The second kappa shape index (κ2) is 8.34. The van der Waals surface area contributed by atoms with Crippen LogP contribution in [0.3, 0.4) is 0 Å². The normalized spacial score (nSPS) is 17.7. The third kappa shape index (κ3) is 4.12. The Morgan fingerprint density at radius 1 is 1.20 bits per heavy atom. The van der Waals surface area contributed by atoms with Crippen LogP contribution in [0, 0.1) is 0 Å². The minimum Gasteiger partial charge on any atom is -0.463 e. The Balaban J connectivity index is 1.63. The molecule has 1 saturated heterocycles. The molecular formula is C19H26N2O4. The molecule has 0 aliphatic carbocycles. The fraction of sp³-hybridized carbons (Fsp3) is 0.579. The fourth-order valence-corrected chi connectivity index (χ4v) is 3.33. The molecule has 1 aromatic carbocycles. The van der Waals surface area contributed by atoms with Crippen molar-refractivity contribution in [3.8, 4) is 0 Å². The Morgan fingerprint density at radius 3 is 2.56 bits per heavy atom. The summed E-state index contributed by atoms with van der Waals surface area (Å²) in [6.45, 7) is 4.11. The first-order valence-corrected chi connectivity index (χ1v) is 9.16. The summed E-state index contributed by atoms with van der Waals surface area (Å²) in [5, 5.41) is 0. The van der Waals surface area contributed by atoms with Crippen molar-refractivity contribution in [3.63, 3.8) is 0 Å². The highest BCUT2D eigenvalue weighted by Crippen LogP contribution is 2.15. The Bertz CT molecular complexity index is 771. The van der Waals surface area contributed by atoms with E-state index in [1.54, 1.807) is 9.13 Å². The molecule has 136 valence electrons. The average molecular weight is 346 g/mol. The Labute approximate surface area is 147 Å². The third-order valence-corrected chi connectivity index (χ3v) is 4.62. The van der Waals surface area contributed by atoms with Crippen molar-refractivity contribution in [3.05, 3.63) is 34.7 Å². The van der Waals surface area contributed by atoms with Gasteiger partial charge in [-0.05, 0) is 37.8 Å². The van der Waals surface area contributed by atoms with E-state index in [1.165, 1.54) is 0 Å². The number of imidazole rings is 1. The predicted molar refractivity (Wildman–Crippen MR) is 95.7 cm³/mol. The number of para-hydroxylation sites is 2. The van der Waals surface area contributed by atoms with Crippen LogP contribution in [0.1, 0.15) is 39.0 Å². The number of benzene rings is 1. The molecule has 1 aliphatic heterocycles. The minimum atomic E-state index is -0.284. The number of esters is 1. The number of ether oxygens (including phenoxy) is 2. The van der Waals surface area contributed by atoms with Crippen molar-refractivity contribution in [2.45, 2.75) is 58.2 Å². The highest BCUT2D eigenvalue weighted by molar-refractivity contribution is 5.76. The number of rotatable bonds is 7. The molecule has 0 N–H and O–H groups in total. The number of hydrogen-bond donors (Lipinski definition) is 0. The molecule has 6 nitrogen and oxygen atoms in total. The predicted octanol–water partition coefficient (Wildman–Crippen LogP) is 2.72. The summed E-state index contributed by atoms with van der Waals surface area (Å²) in [6.07, 6.45) is 4.23. The molecule has 0 saturated carbocycles. The van der Waals surface area contributed by atoms with Crippen LogP contribution in [-0.4, -0.2) is 34.4 Å². The molecule has 1 fully saturated rings. The van der Waals surface area contributed by atoms with Gasteiger partial charge >= 0.3 is 11.7 Å². The van der Waals surface area contributed by atoms with E-state index in [9.17, 15) is 9.59 Å². The maximum Gasteiger partial charge on any atom is 0.329 e. The summed E-state index contributed by atoms with van der Waals surface area (Å²) in [6, 6.07) is 7.70. The van der Waals surface area contributed by atoms with Crippen molar-refractivity contribution in [2.75, 3.05) is 13.2 Å². The summed E-state index contributed by atoms with van der Waals surface area (Å²) >= 11 is 0. The van der Waals surface area contributed by atoms with Crippen LogP contribution in [0.5, 0.6) is 0 Å². The van der Waals surface area contributed by atoms with Gasteiger partial charge in [-0.3, -0.25) is 13.9 Å². The van der Waals surface area contributed by atoms with Crippen molar-refractivity contribution in [1.82, 2.24) is 9.13 Å². The summed E-state index contributed by atoms with van der Waals surface area (Å²) in [5.41, 5.74) is 1.72. The topological polar surface area (TPSA) is 62.5 Å². The molecule has 0 bridgehead atoms. The third-order valence-electron chi connectivity index (χ3n) is 4.62. The fourth-order valence-electron chi connectivity index (χ4n) is 3.33. The molecule has 25 heavy (non-hydrogen) atoms. The maximum absolute atomic E-state index is 12.6. The van der Waals surface area contributed by atoms with Gasteiger partial charge in [0.1, 0.15) is 6.61 Å². The zero-order chi connectivity index (χ0) is 17.6. The lowest BCUT2D eigenvalue weighted by Crippen LogP contribution is -2.27. The second-order valence-corrected chi connectivity index (χ2v) is 6.50. The Morgan fingerprint density at radius 2 is 1.92 bits per heavy atom. The van der Waals surface area contributed by atoms with Gasteiger partial charge in [0.05, 0.1) is 23.6 Å². The first kappa shape index (κ1) is 17.7. The van der Waals surface area contributed by atoms with Crippen molar-refractivity contribution < 1.29 is 14.3 Å². The molecule has 1 unspecified atom stereocenters. The molecule has 1 aliphatic rings. The van der Waals surface area contributed by atoms with E-state index < -0.39 is 0 Å². The number of fused-ring (bicyclic) bond motifs is 1. The number of aromatic nitrogens is 2. The van der Waals surface area contributed by atoms with Gasteiger partial charge in [0, 0.05) is 19.7 Å². The standard InChI is InChI=1S/C19H26N2O4/c1-2-11-20-16-8-3-4-9-17(16)21(19(20)23)12-10-18(22)25-14-15-7-5-6-13-24-15/h3-4,8-9,15H,2,5-7,10-14H2,1H3. The van der Waals surface area contributed by atoms with Gasteiger partial charge in [-0.2, -0.15) is 0 Å². The molecule has 2 aromatic rings. The number of aryl methyl sites for hydroxylation is 2. The van der Waals surface area contributed by atoms with Gasteiger partial charge in [0.15, 0.2) is 0 Å². The van der Waals surface area contributed by atoms with E-state index in [0.29, 0.717) is 19.7 Å². The minimum absolute atomic E-state index is 0.0203. The molecule has 2 heterocycles. The first-order valence-electron chi connectivity index (χ1n) is 9.16. The van der Waals surface area contributed by atoms with Crippen LogP contribution in [0.15, 0.2) is 29.1 Å². The highest BCUT2D eigenvalue weighted by atomic mass is 16.6. The number of carbonyl (C=O) groups is 1. The smallest absolute Gasteiger partial charge is 0.329 e. The highest BCUT2D eigenvalue weighted by Gasteiger charge is 2.17. The lowest BCUT2D eigenvalue weighted by atomic mass is 10.1. The molecule has 0 radical (unpaired) electrons. The van der Waals surface area contributed by atoms with Crippen LogP contribution in [-0.2, 0) is 27.4 Å². The first-order chi connectivity index (χ1) is 12.2. The molecular weight excluding hydrogens is 320 g/mol. The monoisotopic (exact) mass is 346 g/mol. The van der Waals surface area contributed by atoms with E-state index >= 15 is 0 Å². The molecule has 0 spiro atoms. The molecule has 6 heteroatoms. The number of nitrogens with zero attached hydrogens (tertiary/aromatic N) is 2. The zero-order valence-electron chi connectivity index (χ0n) is 14.8. The molecule has 1 aromatic heterocycles. The van der Waals surface area contributed by atoms with Gasteiger partial charge in [0.25, 0.3) is 0 Å². The van der Waals surface area contributed by atoms with E-state index in [0.717, 1.165) is 43.3 Å². The lowest BCUT2D eigenvalue weighted by Gasteiger charge is -2.22. The quantitative estimate of drug-likeness (QED) is 0.723. The maximum atomic E-state index is 12.6. The lowest BCUT2D eigenvalue weighted by molar-refractivity contribution is -0.149. The Kier molecular flexibility index (Phi) is 5.91. The second-order valence-electron chi connectivity index (χ2n) is 6.50. The van der Waals surface area contributed by atoms with Crippen LogP contribution in [0.2, 0.25) is 0 Å². The van der Waals surface area contributed by atoms with Gasteiger partial charge in [-0.1, -0.05) is 19.1 Å². The van der Waals surface area contributed by atoms with Crippen LogP contribution >= 0.6 is 0 Å². The van der Waals surface area contributed by atoms with Gasteiger partial charge in [0.2, 0.25) is 0 Å². The van der Waals surface area contributed by atoms with Crippen LogP contribution in [0.25, 0.3) is 11.0 Å². The van der Waals surface area contributed by atoms with Gasteiger partial charge in [-0.25, -0.2) is 4.79 Å². The van der Waals surface area contributed by atoms with Crippen LogP contribution in [0.4, 0.5) is 0 Å². The van der Waals surface area contributed by atoms with E-state index in [-0.39, 0.29) is 24.2 Å². The largest absolute Gasteiger partial charge is 0.463 e. The van der Waals surface area contributed by atoms with Gasteiger partial charge < -0.3 is 9.47 Å². The van der Waals surface area contributed by atoms with Crippen molar-refractivity contribution in [1.29, 1.82) is 0 Å². The summed E-state index contributed by atoms with van der Waals surface area (Å²) in [4.78, 5) is 24.7. The van der Waals surface area contributed by atoms with Crippen molar-refractivity contribution in [2.24, 2.45) is 0 Å². The summed E-state index contributed by atoms with van der Waals surface area (Å²) < 4.78 is 14.3. The zero-order valence-corrected chi connectivity index (χ0v) is 14.8. The SMILES string of the molecule is CCCn1c(=O)n(CCC(=O)OCC2CCCCO2)c2ccccc21. The van der Waals surface area contributed by atoms with Crippen molar-refractivity contribution >= 4 is 17.0 Å². The van der Waals surface area contributed by atoms with E-state index in [1.807, 2.05) is 31.2 Å². The van der Waals surface area contributed by atoms with E-state index in [4.69, 9.17) is 9.47 Å². The molecule has 3 rings (SSSR count). The molecule has 0 amide bonds. The van der Waals surface area contributed by atoms with Crippen LogP contribution < -0.4 is 5.69 Å². The number of carbonyl (C=O) groups excluding carboxylic acids is 1. The Hall–Kier alpha value is -2.08. The average Bonchev–Trinajstić information content (AvgIpc) is 2.91. The van der Waals surface area contributed by atoms with E-state index in [2.05, 4.69) is 0 Å². The number of hydrogen-bond acceptors (Lipinski definition) is 4. The van der Waals surface area contributed by atoms with Gasteiger partial charge in [-0.15, -0.1) is 0 Å².